The maximum absolute atomic E-state index is 14.8. The standard InChI is InChI=1S/C25H30F3N7O3/c1-25(2,3)38-24(36)34-9-7-15(26)17(12-34)32-23-29-8-6-16(31-23)18-11-30-21-10-19(37-13-20(27)28)22(14-4-5-14)33-35(18)21/h6,8,10-11,14-15,17,20H,4-5,7,9,12-13H2,1-3H3,(H,29,31,32)/t15-,17-/m0/s1. The van der Waals surface area contributed by atoms with Crippen LogP contribution in [-0.4, -0.2) is 79.5 Å². The Kier molecular flexibility index (Phi) is 7.01. The van der Waals surface area contributed by atoms with Gasteiger partial charge in [-0.3, -0.25) is 0 Å². The van der Waals surface area contributed by atoms with Crippen molar-refractivity contribution in [3.63, 3.8) is 0 Å². The fraction of sp³-hybridized carbons (Fsp3) is 0.560. The van der Waals surface area contributed by atoms with E-state index in [1.165, 1.54) is 11.1 Å². The smallest absolute Gasteiger partial charge is 0.410 e. The van der Waals surface area contributed by atoms with Crippen molar-refractivity contribution >= 4 is 17.7 Å². The fourth-order valence-electron chi connectivity index (χ4n) is 4.28. The summed E-state index contributed by atoms with van der Waals surface area (Å²) in [6.07, 6.45) is 0.788. The van der Waals surface area contributed by atoms with Crippen LogP contribution in [0.5, 0.6) is 5.75 Å². The van der Waals surface area contributed by atoms with E-state index in [4.69, 9.17) is 9.47 Å². The molecule has 1 aliphatic heterocycles. The number of hydrogen-bond acceptors (Lipinski definition) is 8. The molecule has 10 nitrogen and oxygen atoms in total. The van der Waals surface area contributed by atoms with Crippen LogP contribution in [0, 0.1) is 0 Å². The number of alkyl halides is 3. The minimum absolute atomic E-state index is 0.104. The summed E-state index contributed by atoms with van der Waals surface area (Å²) in [7, 11) is 0. The number of nitrogens with one attached hydrogen (secondary N) is 1. The molecule has 1 N–H and O–H groups in total. The van der Waals surface area contributed by atoms with Crippen molar-refractivity contribution in [2.75, 3.05) is 25.0 Å². The summed E-state index contributed by atoms with van der Waals surface area (Å²) in [6, 6.07) is 2.56. The number of likely N-dealkylation sites (tertiary alicyclic amines) is 1. The lowest BCUT2D eigenvalue weighted by Gasteiger charge is -2.36. The zero-order valence-electron chi connectivity index (χ0n) is 21.4. The van der Waals surface area contributed by atoms with Gasteiger partial charge in [-0.15, -0.1) is 0 Å². The largest absolute Gasteiger partial charge is 0.485 e. The fourth-order valence-corrected chi connectivity index (χ4v) is 4.28. The number of amides is 1. The minimum atomic E-state index is -2.59. The van der Waals surface area contributed by atoms with Gasteiger partial charge in [0.15, 0.2) is 5.65 Å². The number of rotatable bonds is 7. The molecule has 2 aliphatic rings. The molecular weight excluding hydrogens is 503 g/mol. The van der Waals surface area contributed by atoms with Crippen LogP contribution in [0.1, 0.15) is 51.6 Å². The quantitative estimate of drug-likeness (QED) is 0.474. The molecule has 3 aromatic heterocycles. The van der Waals surface area contributed by atoms with Crippen LogP contribution in [0.3, 0.4) is 0 Å². The van der Waals surface area contributed by atoms with Gasteiger partial charge in [-0.05, 0) is 46.1 Å². The van der Waals surface area contributed by atoms with E-state index in [9.17, 15) is 18.0 Å². The van der Waals surface area contributed by atoms with E-state index < -0.39 is 36.9 Å². The molecule has 4 heterocycles. The van der Waals surface area contributed by atoms with E-state index in [-0.39, 0.29) is 31.4 Å². The second-order valence-corrected chi connectivity index (χ2v) is 10.5. The zero-order chi connectivity index (χ0) is 27.0. The van der Waals surface area contributed by atoms with Gasteiger partial charge in [0.25, 0.3) is 6.43 Å². The lowest BCUT2D eigenvalue weighted by atomic mass is 10.0. The number of halogens is 3. The van der Waals surface area contributed by atoms with Crippen molar-refractivity contribution in [2.24, 2.45) is 0 Å². The Morgan fingerprint density at radius 2 is 2.03 bits per heavy atom. The van der Waals surface area contributed by atoms with Crippen molar-refractivity contribution in [2.45, 2.75) is 70.2 Å². The number of piperidine rings is 1. The van der Waals surface area contributed by atoms with Crippen molar-refractivity contribution in [3.8, 4) is 17.1 Å². The Bertz CT molecular complexity index is 1310. The van der Waals surface area contributed by atoms with Crippen LogP contribution in [0.25, 0.3) is 17.0 Å². The third-order valence-corrected chi connectivity index (χ3v) is 6.23. The molecule has 3 aromatic rings. The summed E-state index contributed by atoms with van der Waals surface area (Å²) in [5, 5.41) is 7.67. The predicted octanol–water partition coefficient (Wildman–Crippen LogP) is 4.47. The van der Waals surface area contributed by atoms with Crippen LogP contribution in [0.2, 0.25) is 0 Å². The SMILES string of the molecule is CC(C)(C)OC(=O)N1CC[C@H](F)[C@@H](Nc2nccc(-c3cnc4cc(OCC(F)F)c(C5CC5)nn34)n2)C1. The topological polar surface area (TPSA) is 107 Å². The first kappa shape index (κ1) is 26.0. The summed E-state index contributed by atoms with van der Waals surface area (Å²) in [4.78, 5) is 27.1. The molecule has 5 rings (SSSR count). The normalized spacial score (nSPS) is 20.1. The van der Waals surface area contributed by atoms with E-state index in [0.29, 0.717) is 28.5 Å². The molecular formula is C25H30F3N7O3. The lowest BCUT2D eigenvalue weighted by Crippen LogP contribution is -2.52. The average Bonchev–Trinajstić information content (AvgIpc) is 3.62. The van der Waals surface area contributed by atoms with Gasteiger partial charge >= 0.3 is 6.09 Å². The van der Waals surface area contributed by atoms with Gasteiger partial charge in [0, 0.05) is 31.3 Å². The van der Waals surface area contributed by atoms with Gasteiger partial charge in [-0.25, -0.2) is 37.4 Å². The molecule has 0 radical (unpaired) electrons. The highest BCUT2D eigenvalue weighted by Gasteiger charge is 2.34. The van der Waals surface area contributed by atoms with Crippen LogP contribution >= 0.6 is 0 Å². The number of hydrogen-bond donors (Lipinski definition) is 1. The highest BCUT2D eigenvalue weighted by atomic mass is 19.3. The number of anilines is 1. The molecule has 204 valence electrons. The third kappa shape index (κ3) is 5.91. The second-order valence-electron chi connectivity index (χ2n) is 10.5. The van der Waals surface area contributed by atoms with Crippen molar-refractivity contribution in [1.82, 2.24) is 29.5 Å². The number of fused-ring (bicyclic) bond motifs is 1. The molecule has 38 heavy (non-hydrogen) atoms. The highest BCUT2D eigenvalue weighted by molar-refractivity contribution is 5.68. The molecule has 1 saturated carbocycles. The van der Waals surface area contributed by atoms with Gasteiger partial charge in [0.1, 0.15) is 35.5 Å². The molecule has 0 spiro atoms. The van der Waals surface area contributed by atoms with Crippen molar-refractivity contribution < 1.29 is 27.4 Å². The van der Waals surface area contributed by atoms with Crippen LogP contribution in [0.4, 0.5) is 23.9 Å². The highest BCUT2D eigenvalue weighted by Crippen LogP contribution is 2.43. The van der Waals surface area contributed by atoms with Crippen LogP contribution in [0.15, 0.2) is 24.5 Å². The molecule has 1 aliphatic carbocycles. The predicted molar refractivity (Wildman–Crippen MR) is 132 cm³/mol. The molecule has 2 atom stereocenters. The third-order valence-electron chi connectivity index (χ3n) is 6.23. The molecule has 13 heteroatoms. The summed E-state index contributed by atoms with van der Waals surface area (Å²) < 4.78 is 52.6. The first-order valence-electron chi connectivity index (χ1n) is 12.6. The summed E-state index contributed by atoms with van der Waals surface area (Å²) in [6.45, 7) is 4.99. The first-order chi connectivity index (χ1) is 18.1. The van der Waals surface area contributed by atoms with E-state index >= 15 is 0 Å². The molecule has 0 bridgehead atoms. The molecule has 0 unspecified atom stereocenters. The number of imidazole rings is 1. The van der Waals surface area contributed by atoms with Crippen LogP contribution < -0.4 is 10.1 Å². The number of carbonyl (C=O) groups is 1. The Morgan fingerprint density at radius 3 is 2.74 bits per heavy atom. The Balaban J connectivity index is 1.36. The molecule has 0 aromatic carbocycles. The number of nitrogens with zero attached hydrogens (tertiary/aromatic N) is 6. The first-order valence-corrected chi connectivity index (χ1v) is 12.6. The van der Waals surface area contributed by atoms with Gasteiger partial charge < -0.3 is 19.7 Å². The van der Waals surface area contributed by atoms with Gasteiger partial charge in [-0.1, -0.05) is 0 Å². The van der Waals surface area contributed by atoms with E-state index in [1.807, 2.05) is 0 Å². The molecule has 1 saturated heterocycles. The van der Waals surface area contributed by atoms with Gasteiger partial charge in [0.2, 0.25) is 5.95 Å². The Morgan fingerprint density at radius 1 is 1.24 bits per heavy atom. The summed E-state index contributed by atoms with van der Waals surface area (Å²) in [5.41, 5.74) is 1.42. The maximum Gasteiger partial charge on any atom is 0.410 e. The van der Waals surface area contributed by atoms with E-state index in [1.54, 1.807) is 43.6 Å². The van der Waals surface area contributed by atoms with Gasteiger partial charge in [-0.2, -0.15) is 5.10 Å². The second kappa shape index (κ2) is 10.3. The maximum atomic E-state index is 14.8. The van der Waals surface area contributed by atoms with Crippen molar-refractivity contribution in [3.05, 3.63) is 30.2 Å². The number of carbonyl (C=O) groups excluding carboxylic acids is 1. The lowest BCUT2D eigenvalue weighted by molar-refractivity contribution is 0.0150. The van der Waals surface area contributed by atoms with E-state index in [2.05, 4.69) is 25.4 Å². The molecule has 2 fully saturated rings. The monoisotopic (exact) mass is 533 g/mol. The van der Waals surface area contributed by atoms with Gasteiger partial charge in [0.05, 0.1) is 17.9 Å². The minimum Gasteiger partial charge on any atom is -0.485 e. The molecule has 1 amide bonds. The number of ether oxygens (including phenoxy) is 2. The Hall–Kier alpha value is -3.64. The van der Waals surface area contributed by atoms with E-state index in [0.717, 1.165) is 12.8 Å². The Labute approximate surface area is 217 Å². The number of aromatic nitrogens is 5. The summed E-state index contributed by atoms with van der Waals surface area (Å²) in [5.74, 6) is 0.643. The van der Waals surface area contributed by atoms with Crippen molar-refractivity contribution in [1.29, 1.82) is 0 Å². The zero-order valence-corrected chi connectivity index (χ0v) is 21.4. The van der Waals surface area contributed by atoms with Crippen LogP contribution in [-0.2, 0) is 4.74 Å². The average molecular weight is 534 g/mol. The summed E-state index contributed by atoms with van der Waals surface area (Å²) >= 11 is 0.